The van der Waals surface area contributed by atoms with Crippen molar-refractivity contribution in [3.05, 3.63) is 122 Å². The van der Waals surface area contributed by atoms with Crippen LogP contribution in [0.25, 0.3) is 0 Å². The van der Waals surface area contributed by atoms with Gasteiger partial charge in [0.2, 0.25) is 0 Å². The van der Waals surface area contributed by atoms with Crippen LogP contribution >= 0.6 is 7.82 Å². The molecule has 10 heteroatoms. The fourth-order valence-corrected chi connectivity index (χ4v) is 13.6. The van der Waals surface area contributed by atoms with Crippen LogP contribution in [-0.4, -0.2) is 49.3 Å². The fraction of sp³-hybridized carbons (Fsp3) is 0.763. The standard InChI is InChI=1S/C93H166NO8P/c1-3-5-7-9-11-13-15-17-19-21-23-25-27-29-31-33-35-37-39-41-43-45-47-49-51-53-55-57-59-61-63-65-67-69-71-73-75-77-79-81-83-85-92(95)99-89-91(90-101-103(97,98)100-88-87-94)102-93(96)86-84-82-80-78-76-74-72-70-68-66-64-62-60-58-56-54-52-50-48-46-44-42-40-38-36-34-32-30-28-26-24-22-20-18-16-14-12-10-8-6-4-2/h6,8,12,14,18,20-21,23-24,26,30,32,36,38,42,44,48,50,54,56,91H,3-5,7,9-11,13,15-17,19,22,25,27-29,31,33-35,37,39-41,43,45-47,49,51-53,55,57-90,94H2,1-2H3,(H,97,98)/b8-6-,14-12-,20-18-,23-21-,26-24-,32-30-,38-36-,44-42-,50-48-,56-54-. The van der Waals surface area contributed by atoms with Crippen LogP contribution in [0.3, 0.4) is 0 Å². The molecule has 0 aliphatic carbocycles. The zero-order valence-electron chi connectivity index (χ0n) is 67.5. The van der Waals surface area contributed by atoms with E-state index in [4.69, 9.17) is 24.3 Å². The molecule has 0 spiro atoms. The Morgan fingerprint density at radius 1 is 0.301 bits per heavy atom. The minimum absolute atomic E-state index is 0.0512. The maximum Gasteiger partial charge on any atom is 0.472 e. The van der Waals surface area contributed by atoms with Crippen molar-refractivity contribution in [3.63, 3.8) is 0 Å². The summed E-state index contributed by atoms with van der Waals surface area (Å²) in [6, 6.07) is 0. The van der Waals surface area contributed by atoms with Crippen LogP contribution in [0, 0.1) is 0 Å². The van der Waals surface area contributed by atoms with E-state index in [1.165, 1.54) is 295 Å². The topological polar surface area (TPSA) is 134 Å². The molecule has 0 heterocycles. The molecule has 0 saturated heterocycles. The highest BCUT2D eigenvalue weighted by Crippen LogP contribution is 2.43. The van der Waals surface area contributed by atoms with Crippen molar-refractivity contribution in [2.75, 3.05) is 26.4 Å². The van der Waals surface area contributed by atoms with Crippen LogP contribution < -0.4 is 5.73 Å². The Balaban J connectivity index is 3.78. The number of nitrogens with two attached hydrogens (primary N) is 1. The SMILES string of the molecule is CC/C=C\C/C=C\C/C=C\C/C=C\C/C=C\C/C=C\C/C=C\C/C=C\C/C=C\CCCCCCCCCCCCCCCC(=O)OC(COC(=O)CCCCCCCCCCCCCCCCCCCCCCCCCCCCCCC/C=C\CCCCCCCCCC)COP(=O)(O)OCCN. The Morgan fingerprint density at radius 3 is 0.806 bits per heavy atom. The lowest BCUT2D eigenvalue weighted by Gasteiger charge is -2.19. The van der Waals surface area contributed by atoms with Gasteiger partial charge in [0.05, 0.1) is 13.2 Å². The minimum atomic E-state index is -4.40. The van der Waals surface area contributed by atoms with Gasteiger partial charge in [-0.25, -0.2) is 4.57 Å². The largest absolute Gasteiger partial charge is 0.472 e. The summed E-state index contributed by atoms with van der Waals surface area (Å²) in [4.78, 5) is 35.5. The molecule has 0 aliphatic heterocycles. The summed E-state index contributed by atoms with van der Waals surface area (Å²) in [6.07, 6.45) is 124. The van der Waals surface area contributed by atoms with Gasteiger partial charge < -0.3 is 20.1 Å². The molecule has 0 aromatic heterocycles. The normalized spacial score (nSPS) is 13.4. The zero-order chi connectivity index (χ0) is 74.3. The Hall–Kier alpha value is -3.59. The number of ether oxygens (including phenoxy) is 2. The molecule has 0 aromatic carbocycles. The van der Waals surface area contributed by atoms with E-state index in [2.05, 4.69) is 135 Å². The number of allylic oxidation sites excluding steroid dienone is 20. The molecule has 0 aliphatic rings. The number of carbonyl (C=O) groups is 2. The van der Waals surface area contributed by atoms with Crippen LogP contribution in [0.15, 0.2) is 122 Å². The third-order valence-electron chi connectivity index (χ3n) is 19.3. The quantitative estimate of drug-likeness (QED) is 0.0264. The van der Waals surface area contributed by atoms with Gasteiger partial charge in [0.25, 0.3) is 0 Å². The number of carbonyl (C=O) groups excluding carboxylic acids is 2. The van der Waals surface area contributed by atoms with E-state index in [1.54, 1.807) is 0 Å². The molecule has 9 nitrogen and oxygen atoms in total. The van der Waals surface area contributed by atoms with Gasteiger partial charge in [-0.2, -0.15) is 0 Å². The Bertz CT molecular complexity index is 2120. The molecule has 3 N–H and O–H groups in total. The van der Waals surface area contributed by atoms with E-state index in [0.717, 1.165) is 96.3 Å². The lowest BCUT2D eigenvalue weighted by Crippen LogP contribution is -2.29. The van der Waals surface area contributed by atoms with Crippen molar-refractivity contribution in [1.82, 2.24) is 0 Å². The number of phosphoric ester groups is 1. The second-order valence-electron chi connectivity index (χ2n) is 29.4. The highest BCUT2D eigenvalue weighted by molar-refractivity contribution is 7.47. The van der Waals surface area contributed by atoms with Crippen LogP contribution in [0.1, 0.15) is 425 Å². The second-order valence-corrected chi connectivity index (χ2v) is 30.8. The number of hydrogen-bond acceptors (Lipinski definition) is 8. The van der Waals surface area contributed by atoms with E-state index in [0.29, 0.717) is 6.42 Å². The lowest BCUT2D eigenvalue weighted by atomic mass is 10.0. The molecule has 0 bridgehead atoms. The van der Waals surface area contributed by atoms with Crippen molar-refractivity contribution in [1.29, 1.82) is 0 Å². The van der Waals surface area contributed by atoms with Gasteiger partial charge >= 0.3 is 19.8 Å². The molecule has 0 fully saturated rings. The van der Waals surface area contributed by atoms with Crippen molar-refractivity contribution in [3.8, 4) is 0 Å². The number of phosphoric acid groups is 1. The molecule has 2 unspecified atom stereocenters. The van der Waals surface area contributed by atoms with E-state index in [-0.39, 0.29) is 38.6 Å². The van der Waals surface area contributed by atoms with E-state index >= 15 is 0 Å². The van der Waals surface area contributed by atoms with Crippen LogP contribution in [0.2, 0.25) is 0 Å². The summed E-state index contributed by atoms with van der Waals surface area (Å²) in [5.41, 5.74) is 5.42. The van der Waals surface area contributed by atoms with E-state index in [9.17, 15) is 19.0 Å². The van der Waals surface area contributed by atoms with Gasteiger partial charge in [0, 0.05) is 19.4 Å². The van der Waals surface area contributed by atoms with Gasteiger partial charge in [-0.3, -0.25) is 18.6 Å². The monoisotopic (exact) mass is 1460 g/mol. The van der Waals surface area contributed by atoms with Gasteiger partial charge in [0.1, 0.15) is 6.61 Å². The number of unbranched alkanes of at least 4 members (excludes halogenated alkanes) is 50. The highest BCUT2D eigenvalue weighted by atomic mass is 31.2. The summed E-state index contributed by atoms with van der Waals surface area (Å²) >= 11 is 0. The second kappa shape index (κ2) is 87.3. The molecule has 0 aromatic rings. The van der Waals surface area contributed by atoms with Gasteiger partial charge in [0.15, 0.2) is 6.10 Å². The molecule has 103 heavy (non-hydrogen) atoms. The maximum atomic E-state index is 12.8. The van der Waals surface area contributed by atoms with E-state index in [1.807, 2.05) is 0 Å². The highest BCUT2D eigenvalue weighted by Gasteiger charge is 2.26. The fourth-order valence-electron chi connectivity index (χ4n) is 12.9. The Morgan fingerprint density at radius 2 is 0.534 bits per heavy atom. The number of hydrogen-bond donors (Lipinski definition) is 2. The zero-order valence-corrected chi connectivity index (χ0v) is 68.4. The van der Waals surface area contributed by atoms with Crippen molar-refractivity contribution >= 4 is 19.8 Å². The van der Waals surface area contributed by atoms with Crippen LogP contribution in [0.4, 0.5) is 0 Å². The summed E-state index contributed by atoms with van der Waals surface area (Å²) in [7, 11) is -4.40. The van der Waals surface area contributed by atoms with Crippen molar-refractivity contribution in [2.45, 2.75) is 431 Å². The van der Waals surface area contributed by atoms with Crippen LogP contribution in [-0.2, 0) is 32.7 Å². The number of esters is 2. The molecule has 596 valence electrons. The van der Waals surface area contributed by atoms with Crippen molar-refractivity contribution in [2.24, 2.45) is 5.73 Å². The van der Waals surface area contributed by atoms with Crippen LogP contribution in [0.5, 0.6) is 0 Å². The predicted octanol–water partition coefficient (Wildman–Crippen LogP) is 30.1. The van der Waals surface area contributed by atoms with Gasteiger partial charge in [-0.05, 0) is 109 Å². The summed E-state index contributed by atoms with van der Waals surface area (Å²) in [6.45, 7) is 3.68. The molecule has 0 rings (SSSR count). The Labute approximate surface area is 638 Å². The smallest absolute Gasteiger partial charge is 0.462 e. The first kappa shape index (κ1) is 99.4. The molecule has 0 amide bonds. The average Bonchev–Trinajstić information content (AvgIpc) is 0.970. The first-order valence-electron chi connectivity index (χ1n) is 44.0. The first-order chi connectivity index (χ1) is 50.8. The summed E-state index contributed by atoms with van der Waals surface area (Å²) in [5.74, 6) is -0.814. The first-order valence-corrected chi connectivity index (χ1v) is 45.5. The number of rotatable bonds is 83. The molecular weight excluding hydrogens is 1290 g/mol. The van der Waals surface area contributed by atoms with E-state index < -0.39 is 26.5 Å². The molecule has 0 saturated carbocycles. The summed E-state index contributed by atoms with van der Waals surface area (Å²) in [5, 5.41) is 0. The minimum Gasteiger partial charge on any atom is -0.462 e. The molecular formula is C93H166NO8P. The van der Waals surface area contributed by atoms with Gasteiger partial charge in [-0.1, -0.05) is 424 Å². The predicted molar refractivity (Wildman–Crippen MR) is 450 cm³/mol. The van der Waals surface area contributed by atoms with Gasteiger partial charge in [-0.15, -0.1) is 0 Å². The Kier molecular flexibility index (Phi) is 84.3. The summed E-state index contributed by atoms with van der Waals surface area (Å²) < 4.78 is 33.3. The lowest BCUT2D eigenvalue weighted by molar-refractivity contribution is -0.161. The van der Waals surface area contributed by atoms with Crippen molar-refractivity contribution < 1.29 is 37.6 Å². The third-order valence-corrected chi connectivity index (χ3v) is 20.3. The average molecular weight is 1460 g/mol. The molecule has 2 atom stereocenters. The third kappa shape index (κ3) is 87.2. The maximum absolute atomic E-state index is 12.8. The molecule has 0 radical (unpaired) electrons.